The summed E-state index contributed by atoms with van der Waals surface area (Å²) in [5, 5.41) is 13.4. The number of anilines is 2. The zero-order valence-corrected chi connectivity index (χ0v) is 15.5. The van der Waals surface area contributed by atoms with Gasteiger partial charge in [0, 0.05) is 24.7 Å². The largest absolute Gasteiger partial charge is 0.506 e. The number of halogens is 1. The second-order valence-corrected chi connectivity index (χ2v) is 8.29. The van der Waals surface area contributed by atoms with Crippen LogP contribution in [0.1, 0.15) is 12.8 Å². The van der Waals surface area contributed by atoms with Gasteiger partial charge in [-0.2, -0.15) is 8.42 Å². The Kier molecular flexibility index (Phi) is 4.67. The molecule has 2 aromatic rings. The highest BCUT2D eigenvalue weighted by atomic mass is 32.2. The maximum absolute atomic E-state index is 15.1. The topological polar surface area (TPSA) is 134 Å². The molecule has 1 aromatic carbocycles. The lowest BCUT2D eigenvalue weighted by Gasteiger charge is -2.22. The maximum atomic E-state index is 15.1. The molecule has 2 aliphatic rings. The first kappa shape index (κ1) is 18.6. The average Bonchev–Trinajstić information content (AvgIpc) is 2.93. The lowest BCUT2D eigenvalue weighted by Crippen LogP contribution is -2.30. The summed E-state index contributed by atoms with van der Waals surface area (Å²) in [5.41, 5.74) is -0.795. The van der Waals surface area contributed by atoms with Crippen molar-refractivity contribution in [3.8, 4) is 5.75 Å². The molecule has 150 valence electrons. The summed E-state index contributed by atoms with van der Waals surface area (Å²) in [6, 6.07) is 1.16. The number of ether oxygens (including phenoxy) is 1. The Bertz CT molecular complexity index is 1040. The van der Waals surface area contributed by atoms with E-state index in [1.54, 1.807) is 4.72 Å². The third kappa shape index (κ3) is 3.40. The fraction of sp³-hybridized carbons (Fsp3) is 0.438. The number of hydrogen-bond acceptors (Lipinski definition) is 8. The van der Waals surface area contributed by atoms with Crippen LogP contribution in [0.2, 0.25) is 0 Å². The molecule has 0 saturated carbocycles. The Morgan fingerprint density at radius 2 is 2.29 bits per heavy atom. The van der Waals surface area contributed by atoms with Crippen molar-refractivity contribution in [2.75, 3.05) is 35.9 Å². The summed E-state index contributed by atoms with van der Waals surface area (Å²) >= 11 is 0. The standard InChI is InChI=1S/C16H18FN5O5S/c17-13-14-10(4-11(23)15(13)22-7-12(24)21-28(22,25)26)6-19-16(20-14)18-5-9-2-1-3-27-8-9/h4,6,9,23H,1-3,5,7-8H2,(H,21,24)(H,18,19,20). The van der Waals surface area contributed by atoms with Crippen LogP contribution in [0.4, 0.5) is 16.0 Å². The van der Waals surface area contributed by atoms with Gasteiger partial charge in [-0.05, 0) is 24.8 Å². The minimum Gasteiger partial charge on any atom is -0.506 e. The minimum atomic E-state index is -4.28. The molecule has 2 saturated heterocycles. The molecule has 1 aromatic heterocycles. The van der Waals surface area contributed by atoms with Gasteiger partial charge in [0.25, 0.3) is 5.91 Å². The minimum absolute atomic E-state index is 0.167. The van der Waals surface area contributed by atoms with E-state index in [1.165, 1.54) is 6.20 Å². The number of carbonyl (C=O) groups excluding carboxylic acids is 1. The van der Waals surface area contributed by atoms with Crippen LogP contribution in [-0.4, -0.2) is 55.7 Å². The van der Waals surface area contributed by atoms with Crippen molar-refractivity contribution in [3.63, 3.8) is 0 Å². The summed E-state index contributed by atoms with van der Waals surface area (Å²) in [6.07, 6.45) is 3.30. The maximum Gasteiger partial charge on any atom is 0.326 e. The Hall–Kier alpha value is -2.73. The van der Waals surface area contributed by atoms with Gasteiger partial charge in [0.1, 0.15) is 23.5 Å². The Balaban J connectivity index is 1.67. The predicted octanol–water partition coefficient (Wildman–Crippen LogP) is 0.494. The molecule has 12 heteroatoms. The third-order valence-corrected chi connectivity index (χ3v) is 6.02. The number of hydrogen-bond donors (Lipinski definition) is 3. The highest BCUT2D eigenvalue weighted by Gasteiger charge is 2.38. The highest BCUT2D eigenvalue weighted by molar-refractivity contribution is 7.92. The van der Waals surface area contributed by atoms with E-state index in [2.05, 4.69) is 15.3 Å². The molecule has 0 spiro atoms. The molecule has 4 rings (SSSR count). The SMILES string of the molecule is O=C1CN(c2c(O)cc3cnc(NCC4CCCOC4)nc3c2F)S(=O)(=O)N1. The van der Waals surface area contributed by atoms with Crippen molar-refractivity contribution in [2.24, 2.45) is 5.92 Å². The molecule has 2 fully saturated rings. The molecular weight excluding hydrogens is 393 g/mol. The lowest BCUT2D eigenvalue weighted by atomic mass is 10.0. The number of aromatic hydroxyl groups is 1. The molecule has 1 atom stereocenters. The average molecular weight is 411 g/mol. The number of rotatable bonds is 4. The van der Waals surface area contributed by atoms with Gasteiger partial charge >= 0.3 is 10.2 Å². The van der Waals surface area contributed by atoms with Gasteiger partial charge in [0.15, 0.2) is 5.82 Å². The van der Waals surface area contributed by atoms with Gasteiger partial charge in [-0.15, -0.1) is 0 Å². The molecule has 0 radical (unpaired) electrons. The van der Waals surface area contributed by atoms with Crippen molar-refractivity contribution < 1.29 is 27.4 Å². The predicted molar refractivity (Wildman–Crippen MR) is 97.6 cm³/mol. The number of nitrogens with zero attached hydrogens (tertiary/aromatic N) is 3. The molecule has 0 bridgehead atoms. The Morgan fingerprint density at radius 1 is 1.46 bits per heavy atom. The molecule has 2 aliphatic heterocycles. The fourth-order valence-corrected chi connectivity index (χ4v) is 4.45. The van der Waals surface area contributed by atoms with E-state index in [-0.39, 0.29) is 16.9 Å². The van der Waals surface area contributed by atoms with Crippen molar-refractivity contribution >= 4 is 38.7 Å². The zero-order valence-electron chi connectivity index (χ0n) is 14.7. The molecular formula is C16H18FN5O5S. The van der Waals surface area contributed by atoms with Crippen LogP contribution in [-0.2, 0) is 19.7 Å². The van der Waals surface area contributed by atoms with Crippen molar-refractivity contribution in [1.29, 1.82) is 0 Å². The number of phenolic OH excluding ortho intramolecular Hbond substituents is 1. The molecule has 3 N–H and O–H groups in total. The number of amides is 1. The Labute approximate surface area is 159 Å². The molecule has 10 nitrogen and oxygen atoms in total. The normalized spacial score (nSPS) is 21.7. The lowest BCUT2D eigenvalue weighted by molar-refractivity contribution is -0.117. The van der Waals surface area contributed by atoms with Crippen LogP contribution in [0.5, 0.6) is 5.75 Å². The van der Waals surface area contributed by atoms with E-state index >= 15 is 4.39 Å². The zero-order chi connectivity index (χ0) is 19.9. The number of fused-ring (bicyclic) bond motifs is 1. The Morgan fingerprint density at radius 3 is 2.96 bits per heavy atom. The molecule has 1 amide bonds. The van der Waals surface area contributed by atoms with Crippen LogP contribution in [0, 0.1) is 11.7 Å². The quantitative estimate of drug-likeness (QED) is 0.662. The summed E-state index contributed by atoms with van der Waals surface area (Å²) in [5.74, 6) is -2.04. The van der Waals surface area contributed by atoms with Gasteiger partial charge in [0.2, 0.25) is 5.95 Å². The second kappa shape index (κ2) is 7.02. The molecule has 0 aliphatic carbocycles. The summed E-state index contributed by atoms with van der Waals surface area (Å²) in [6.45, 7) is 1.30. The van der Waals surface area contributed by atoms with Crippen LogP contribution in [0.25, 0.3) is 10.9 Å². The van der Waals surface area contributed by atoms with Crippen LogP contribution < -0.4 is 14.3 Å². The summed E-state index contributed by atoms with van der Waals surface area (Å²) < 4.78 is 46.7. The number of aromatic nitrogens is 2. The van der Waals surface area contributed by atoms with Gasteiger partial charge < -0.3 is 15.2 Å². The van der Waals surface area contributed by atoms with E-state index < -0.39 is 39.9 Å². The highest BCUT2D eigenvalue weighted by Crippen LogP contribution is 2.37. The van der Waals surface area contributed by atoms with Crippen LogP contribution in [0.3, 0.4) is 0 Å². The molecule has 3 heterocycles. The third-order valence-electron chi connectivity index (χ3n) is 4.64. The smallest absolute Gasteiger partial charge is 0.326 e. The summed E-state index contributed by atoms with van der Waals surface area (Å²) in [7, 11) is -4.28. The summed E-state index contributed by atoms with van der Waals surface area (Å²) in [4.78, 5) is 19.7. The van der Waals surface area contributed by atoms with Gasteiger partial charge in [-0.3, -0.25) is 4.79 Å². The molecule has 28 heavy (non-hydrogen) atoms. The first-order valence-electron chi connectivity index (χ1n) is 8.68. The van der Waals surface area contributed by atoms with Crippen molar-refractivity contribution in [3.05, 3.63) is 18.1 Å². The monoisotopic (exact) mass is 411 g/mol. The van der Waals surface area contributed by atoms with Gasteiger partial charge in [-0.1, -0.05) is 0 Å². The van der Waals surface area contributed by atoms with Crippen LogP contribution >= 0.6 is 0 Å². The van der Waals surface area contributed by atoms with E-state index in [1.807, 2.05) is 0 Å². The van der Waals surface area contributed by atoms with E-state index in [0.717, 1.165) is 25.5 Å². The first-order chi connectivity index (χ1) is 13.3. The van der Waals surface area contributed by atoms with Crippen molar-refractivity contribution in [2.45, 2.75) is 12.8 Å². The fourth-order valence-electron chi connectivity index (χ4n) is 3.29. The number of carbonyl (C=O) groups is 1. The van der Waals surface area contributed by atoms with Gasteiger partial charge in [0.05, 0.1) is 6.61 Å². The van der Waals surface area contributed by atoms with Gasteiger partial charge in [-0.25, -0.2) is 23.4 Å². The number of nitrogens with one attached hydrogen (secondary N) is 2. The van der Waals surface area contributed by atoms with Crippen molar-refractivity contribution in [1.82, 2.24) is 14.7 Å². The molecule has 1 unspecified atom stereocenters. The van der Waals surface area contributed by atoms with E-state index in [4.69, 9.17) is 4.74 Å². The second-order valence-electron chi connectivity index (χ2n) is 6.69. The first-order valence-corrected chi connectivity index (χ1v) is 10.1. The van der Waals surface area contributed by atoms with E-state index in [0.29, 0.717) is 23.4 Å². The van der Waals surface area contributed by atoms with Crippen LogP contribution in [0.15, 0.2) is 12.3 Å². The number of phenols is 1. The van der Waals surface area contributed by atoms with E-state index in [9.17, 15) is 18.3 Å². The number of benzene rings is 1.